The maximum atomic E-state index is 12.5. The van der Waals surface area contributed by atoms with E-state index in [1.165, 1.54) is 0 Å². The number of carbonyl (C=O) groups excluding carboxylic acids is 1. The van der Waals surface area contributed by atoms with Crippen molar-refractivity contribution in [2.45, 2.75) is 26.2 Å². The highest BCUT2D eigenvalue weighted by molar-refractivity contribution is 6.33. The first-order chi connectivity index (χ1) is 13.6. The monoisotopic (exact) mass is 397 g/mol. The number of rotatable bonds is 5. The third kappa shape index (κ3) is 4.34. The van der Waals surface area contributed by atoms with Crippen LogP contribution in [0.4, 0.5) is 5.69 Å². The largest absolute Gasteiger partial charge is 0.324 e. The van der Waals surface area contributed by atoms with Crippen LogP contribution in [-0.4, -0.2) is 45.0 Å². The molecule has 1 saturated heterocycles. The molecule has 0 aliphatic carbocycles. The number of nitrogens with zero attached hydrogens (tertiary/aromatic N) is 4. The average Bonchev–Trinajstić information content (AvgIpc) is 3.07. The van der Waals surface area contributed by atoms with Gasteiger partial charge in [-0.15, -0.1) is 10.2 Å². The highest BCUT2D eigenvalue weighted by Crippen LogP contribution is 2.23. The summed E-state index contributed by atoms with van der Waals surface area (Å²) in [5, 5.41) is 12.1. The van der Waals surface area contributed by atoms with Crippen LogP contribution in [0.15, 0.2) is 42.6 Å². The second kappa shape index (κ2) is 8.29. The number of piperidine rings is 1. The van der Waals surface area contributed by atoms with E-state index in [4.69, 9.17) is 11.6 Å². The molecule has 4 rings (SSSR count). The molecule has 3 heterocycles. The molecule has 7 heteroatoms. The van der Waals surface area contributed by atoms with E-state index < -0.39 is 0 Å². The van der Waals surface area contributed by atoms with E-state index >= 15 is 0 Å². The summed E-state index contributed by atoms with van der Waals surface area (Å²) in [6.07, 6.45) is 5.10. The number of hydrogen-bond donors (Lipinski definition) is 1. The number of aryl methyl sites for hydroxylation is 1. The molecule has 146 valence electrons. The second-order valence-electron chi connectivity index (χ2n) is 7.52. The fraction of sp³-hybridized carbons (Fsp3) is 0.381. The number of benzene rings is 1. The van der Waals surface area contributed by atoms with E-state index in [9.17, 15) is 4.79 Å². The first-order valence-corrected chi connectivity index (χ1v) is 10.0. The van der Waals surface area contributed by atoms with Crippen molar-refractivity contribution in [1.29, 1.82) is 0 Å². The minimum absolute atomic E-state index is 0.0284. The summed E-state index contributed by atoms with van der Waals surface area (Å²) in [5.41, 5.74) is 2.61. The van der Waals surface area contributed by atoms with Crippen molar-refractivity contribution < 1.29 is 4.79 Å². The van der Waals surface area contributed by atoms with Gasteiger partial charge >= 0.3 is 0 Å². The van der Waals surface area contributed by atoms with Gasteiger partial charge < -0.3 is 5.32 Å². The Balaban J connectivity index is 1.35. The van der Waals surface area contributed by atoms with Crippen molar-refractivity contribution in [1.82, 2.24) is 19.5 Å². The van der Waals surface area contributed by atoms with Crippen LogP contribution in [0.1, 0.15) is 24.2 Å². The lowest BCUT2D eigenvalue weighted by Gasteiger charge is -2.31. The molecular formula is C21H24ClN5O. The number of hydrogen-bond acceptors (Lipinski definition) is 4. The Kier molecular flexibility index (Phi) is 5.59. The van der Waals surface area contributed by atoms with Gasteiger partial charge in [0.05, 0.1) is 17.3 Å². The van der Waals surface area contributed by atoms with Crippen LogP contribution in [0.5, 0.6) is 0 Å². The Morgan fingerprint density at radius 3 is 3.04 bits per heavy atom. The molecule has 0 spiro atoms. The van der Waals surface area contributed by atoms with Crippen LogP contribution in [0.2, 0.25) is 5.02 Å². The second-order valence-corrected chi connectivity index (χ2v) is 7.93. The van der Waals surface area contributed by atoms with Gasteiger partial charge in [0, 0.05) is 19.2 Å². The van der Waals surface area contributed by atoms with Gasteiger partial charge in [0.2, 0.25) is 5.91 Å². The number of fused-ring (bicyclic) bond motifs is 1. The number of halogens is 1. The molecule has 1 aliphatic heterocycles. The number of amides is 1. The molecule has 0 unspecified atom stereocenters. The molecule has 1 N–H and O–H groups in total. The van der Waals surface area contributed by atoms with Gasteiger partial charge in [-0.05, 0) is 62.1 Å². The molecule has 1 aliphatic rings. The van der Waals surface area contributed by atoms with Crippen LogP contribution < -0.4 is 5.32 Å². The Labute approximate surface area is 169 Å². The summed E-state index contributed by atoms with van der Waals surface area (Å²) in [7, 11) is 0. The zero-order chi connectivity index (χ0) is 19.5. The minimum Gasteiger partial charge on any atom is -0.324 e. The fourth-order valence-corrected chi connectivity index (χ4v) is 4.15. The molecule has 0 radical (unpaired) electrons. The number of pyridine rings is 1. The van der Waals surface area contributed by atoms with Crippen LogP contribution in [0.3, 0.4) is 0 Å². The predicted molar refractivity (Wildman–Crippen MR) is 111 cm³/mol. The zero-order valence-electron chi connectivity index (χ0n) is 15.9. The smallest absolute Gasteiger partial charge is 0.238 e. The van der Waals surface area contributed by atoms with Crippen LogP contribution in [0, 0.1) is 12.8 Å². The van der Waals surface area contributed by atoms with Gasteiger partial charge in [0.1, 0.15) is 5.82 Å². The Morgan fingerprint density at radius 1 is 1.29 bits per heavy atom. The Bertz CT molecular complexity index is 986. The molecule has 1 amide bonds. The van der Waals surface area contributed by atoms with E-state index in [0.717, 1.165) is 49.4 Å². The lowest BCUT2D eigenvalue weighted by Crippen LogP contribution is -2.41. The summed E-state index contributed by atoms with van der Waals surface area (Å²) >= 11 is 6.22. The first kappa shape index (κ1) is 18.9. The van der Waals surface area contributed by atoms with Crippen LogP contribution >= 0.6 is 11.6 Å². The van der Waals surface area contributed by atoms with Crippen molar-refractivity contribution >= 4 is 28.8 Å². The third-order valence-electron chi connectivity index (χ3n) is 5.22. The zero-order valence-corrected chi connectivity index (χ0v) is 16.7. The average molecular weight is 398 g/mol. The van der Waals surface area contributed by atoms with Crippen LogP contribution in [0.25, 0.3) is 5.65 Å². The van der Waals surface area contributed by atoms with Gasteiger partial charge in [-0.2, -0.15) is 0 Å². The summed E-state index contributed by atoms with van der Waals surface area (Å²) < 4.78 is 2.05. The summed E-state index contributed by atoms with van der Waals surface area (Å²) in [5.74, 6) is 1.43. The SMILES string of the molecule is Cc1ccc(NC(=O)CN2CCC[C@H](Cc3nnc4ccccn34)C2)c(Cl)c1. The molecule has 1 fully saturated rings. The van der Waals surface area contributed by atoms with Gasteiger partial charge in [-0.25, -0.2) is 0 Å². The third-order valence-corrected chi connectivity index (χ3v) is 5.54. The highest BCUT2D eigenvalue weighted by Gasteiger charge is 2.23. The highest BCUT2D eigenvalue weighted by atomic mass is 35.5. The maximum Gasteiger partial charge on any atom is 0.238 e. The number of anilines is 1. The van der Waals surface area contributed by atoms with Crippen molar-refractivity contribution in [2.75, 3.05) is 25.0 Å². The van der Waals surface area contributed by atoms with Crippen LogP contribution in [-0.2, 0) is 11.2 Å². The minimum atomic E-state index is -0.0284. The van der Waals surface area contributed by atoms with Crippen molar-refractivity contribution in [3.8, 4) is 0 Å². The summed E-state index contributed by atoms with van der Waals surface area (Å²) in [6, 6.07) is 11.6. The van der Waals surface area contributed by atoms with Gasteiger partial charge in [0.25, 0.3) is 0 Å². The first-order valence-electron chi connectivity index (χ1n) is 9.65. The summed E-state index contributed by atoms with van der Waals surface area (Å²) in [4.78, 5) is 14.7. The predicted octanol–water partition coefficient (Wildman–Crippen LogP) is 3.58. The van der Waals surface area contributed by atoms with E-state index in [0.29, 0.717) is 23.2 Å². The summed E-state index contributed by atoms with van der Waals surface area (Å²) in [6.45, 7) is 4.17. The maximum absolute atomic E-state index is 12.5. The molecule has 3 aromatic rings. The number of carbonyl (C=O) groups is 1. The topological polar surface area (TPSA) is 62.5 Å². The molecule has 6 nitrogen and oxygen atoms in total. The molecule has 1 atom stereocenters. The molecule has 2 aromatic heterocycles. The molecule has 0 saturated carbocycles. The molecule has 0 bridgehead atoms. The lowest BCUT2D eigenvalue weighted by atomic mass is 9.94. The standard InChI is InChI=1S/C21H24ClN5O/c1-15-7-8-18(17(22)11-15)23-21(28)14-26-9-4-5-16(13-26)12-20-25-24-19-6-2-3-10-27(19)20/h2-3,6-8,10-11,16H,4-5,9,12-14H2,1H3,(H,23,28)/t16-/m1/s1. The van der Waals surface area contributed by atoms with E-state index in [1.54, 1.807) is 0 Å². The quantitative estimate of drug-likeness (QED) is 0.714. The Hall–Kier alpha value is -2.44. The molecule has 28 heavy (non-hydrogen) atoms. The van der Waals surface area contributed by atoms with Crippen molar-refractivity contribution in [3.05, 3.63) is 59.0 Å². The number of nitrogens with one attached hydrogen (secondary N) is 1. The van der Waals surface area contributed by atoms with E-state index in [-0.39, 0.29) is 5.91 Å². The normalized spacial score (nSPS) is 17.7. The molecular weight excluding hydrogens is 374 g/mol. The van der Waals surface area contributed by atoms with Crippen molar-refractivity contribution in [3.63, 3.8) is 0 Å². The fourth-order valence-electron chi connectivity index (χ4n) is 3.86. The van der Waals surface area contributed by atoms with Crippen molar-refractivity contribution in [2.24, 2.45) is 5.92 Å². The number of aromatic nitrogens is 3. The number of likely N-dealkylation sites (tertiary alicyclic amines) is 1. The van der Waals surface area contributed by atoms with Gasteiger partial charge in [-0.3, -0.25) is 14.1 Å². The Morgan fingerprint density at radius 2 is 2.18 bits per heavy atom. The molecule has 1 aromatic carbocycles. The lowest BCUT2D eigenvalue weighted by molar-refractivity contribution is -0.117. The van der Waals surface area contributed by atoms with Gasteiger partial charge in [0.15, 0.2) is 5.65 Å². The van der Waals surface area contributed by atoms with E-state index in [2.05, 4.69) is 20.4 Å². The van der Waals surface area contributed by atoms with E-state index in [1.807, 2.05) is 53.9 Å². The van der Waals surface area contributed by atoms with Gasteiger partial charge in [-0.1, -0.05) is 23.7 Å².